The number of amides is 3. The third-order valence-corrected chi connectivity index (χ3v) is 6.21. The van der Waals surface area contributed by atoms with Crippen molar-refractivity contribution in [2.24, 2.45) is 0 Å². The number of rotatable bonds is 9. The van der Waals surface area contributed by atoms with E-state index in [1.54, 1.807) is 53.4 Å². The van der Waals surface area contributed by atoms with Crippen molar-refractivity contribution in [1.29, 1.82) is 0 Å². The average Bonchev–Trinajstić information content (AvgIpc) is 2.90. The van der Waals surface area contributed by atoms with Gasteiger partial charge in [0.2, 0.25) is 0 Å². The smallest absolute Gasteiger partial charge is 0.322 e. The minimum atomic E-state index is -0.773. The first-order chi connectivity index (χ1) is 18.4. The van der Waals surface area contributed by atoms with Gasteiger partial charge in [0.15, 0.2) is 0 Å². The van der Waals surface area contributed by atoms with Gasteiger partial charge >= 0.3 is 6.03 Å². The van der Waals surface area contributed by atoms with Crippen molar-refractivity contribution in [2.45, 2.75) is 13.0 Å². The van der Waals surface area contributed by atoms with Crippen LogP contribution in [0, 0.1) is 11.6 Å². The van der Waals surface area contributed by atoms with Gasteiger partial charge < -0.3 is 26.0 Å². The van der Waals surface area contributed by atoms with Crippen molar-refractivity contribution in [2.75, 3.05) is 55.8 Å². The van der Waals surface area contributed by atoms with Gasteiger partial charge in [0, 0.05) is 50.0 Å². The second-order valence-corrected chi connectivity index (χ2v) is 9.06. The van der Waals surface area contributed by atoms with Crippen molar-refractivity contribution in [3.05, 3.63) is 89.5 Å². The zero-order valence-corrected chi connectivity index (χ0v) is 21.0. The number of carbonyl (C=O) groups excluding carboxylic acids is 2. The summed E-state index contributed by atoms with van der Waals surface area (Å²) >= 11 is 0. The SMILES string of the molecule is Nc1ccccc1NC(=O)c1ccc(CN(CCCN2CCOCC2)C(=O)Nc2cc(F)cc(F)c2)cc1. The van der Waals surface area contributed by atoms with E-state index in [9.17, 15) is 18.4 Å². The predicted octanol–water partition coefficient (Wildman–Crippen LogP) is 4.56. The molecule has 38 heavy (non-hydrogen) atoms. The topological polar surface area (TPSA) is 99.9 Å². The first kappa shape index (κ1) is 27.0. The molecular formula is C28H31F2N5O3. The number of morpholine rings is 1. The summed E-state index contributed by atoms with van der Waals surface area (Å²) in [6.07, 6.45) is 0.712. The van der Waals surface area contributed by atoms with Gasteiger partial charge in [-0.15, -0.1) is 0 Å². The largest absolute Gasteiger partial charge is 0.397 e. The second kappa shape index (κ2) is 13.0. The second-order valence-electron chi connectivity index (χ2n) is 9.06. The molecule has 0 unspecified atom stereocenters. The zero-order valence-electron chi connectivity index (χ0n) is 21.0. The standard InChI is InChI=1S/C28H31F2N5O3/c29-22-16-23(30)18-24(17-22)32-28(37)35(11-3-10-34-12-14-38-15-13-34)19-20-6-8-21(9-7-20)27(36)33-26-5-2-1-4-25(26)31/h1-2,4-9,16-18H,3,10-15,19,31H2,(H,32,37)(H,33,36). The van der Waals surface area contributed by atoms with Crippen LogP contribution in [0.4, 0.5) is 30.6 Å². The van der Waals surface area contributed by atoms with Gasteiger partial charge in [0.05, 0.1) is 24.6 Å². The van der Waals surface area contributed by atoms with Crippen LogP contribution in [0.15, 0.2) is 66.7 Å². The highest BCUT2D eigenvalue weighted by molar-refractivity contribution is 6.05. The summed E-state index contributed by atoms with van der Waals surface area (Å²) in [5.74, 6) is -1.85. The van der Waals surface area contributed by atoms with Crippen molar-refractivity contribution in [3.63, 3.8) is 0 Å². The van der Waals surface area contributed by atoms with E-state index < -0.39 is 17.7 Å². The molecule has 0 atom stereocenters. The van der Waals surface area contributed by atoms with E-state index in [0.717, 1.165) is 43.4 Å². The number of carbonyl (C=O) groups is 2. The lowest BCUT2D eigenvalue weighted by molar-refractivity contribution is 0.0365. The first-order valence-corrected chi connectivity index (χ1v) is 12.4. The number of nitrogens with two attached hydrogens (primary N) is 1. The number of ether oxygens (including phenoxy) is 1. The van der Waals surface area contributed by atoms with E-state index >= 15 is 0 Å². The van der Waals surface area contributed by atoms with Crippen molar-refractivity contribution >= 4 is 29.0 Å². The van der Waals surface area contributed by atoms with Crippen molar-refractivity contribution < 1.29 is 23.1 Å². The van der Waals surface area contributed by atoms with Gasteiger partial charge in [-0.05, 0) is 48.4 Å². The fraction of sp³-hybridized carbons (Fsp3) is 0.286. The van der Waals surface area contributed by atoms with E-state index in [2.05, 4.69) is 15.5 Å². The lowest BCUT2D eigenvalue weighted by Gasteiger charge is -2.28. The molecule has 0 bridgehead atoms. The Balaban J connectivity index is 1.42. The predicted molar refractivity (Wildman–Crippen MR) is 143 cm³/mol. The highest BCUT2D eigenvalue weighted by Gasteiger charge is 2.17. The first-order valence-electron chi connectivity index (χ1n) is 12.4. The number of urea groups is 1. The number of nitrogens with zero attached hydrogens (tertiary/aromatic N) is 2. The molecule has 1 aliphatic rings. The number of para-hydroxylation sites is 2. The van der Waals surface area contributed by atoms with Gasteiger partial charge in [-0.1, -0.05) is 24.3 Å². The molecule has 0 aromatic heterocycles. The molecule has 1 aliphatic heterocycles. The molecule has 3 aromatic rings. The summed E-state index contributed by atoms with van der Waals surface area (Å²) < 4.78 is 32.7. The lowest BCUT2D eigenvalue weighted by atomic mass is 10.1. The van der Waals surface area contributed by atoms with Crippen LogP contribution in [0.1, 0.15) is 22.3 Å². The third kappa shape index (κ3) is 7.74. The molecule has 1 saturated heterocycles. The Kier molecular flexibility index (Phi) is 9.23. The molecular weight excluding hydrogens is 492 g/mol. The molecule has 200 valence electrons. The summed E-state index contributed by atoms with van der Waals surface area (Å²) in [5.41, 5.74) is 8.18. The van der Waals surface area contributed by atoms with Gasteiger partial charge in [0.1, 0.15) is 11.6 Å². The number of hydrogen-bond donors (Lipinski definition) is 3. The summed E-state index contributed by atoms with van der Waals surface area (Å²) in [4.78, 5) is 29.6. The summed E-state index contributed by atoms with van der Waals surface area (Å²) in [5, 5.41) is 5.38. The molecule has 0 radical (unpaired) electrons. The Hall–Kier alpha value is -4.02. The molecule has 3 aromatic carbocycles. The highest BCUT2D eigenvalue weighted by atomic mass is 19.1. The maximum absolute atomic E-state index is 13.6. The molecule has 1 heterocycles. The summed E-state index contributed by atoms with van der Waals surface area (Å²) in [6, 6.07) is 16.3. The number of nitrogen functional groups attached to an aromatic ring is 1. The molecule has 1 fully saturated rings. The molecule has 4 rings (SSSR count). The van der Waals surface area contributed by atoms with Crippen LogP contribution in [-0.4, -0.2) is 61.1 Å². The molecule has 0 aliphatic carbocycles. The van der Waals surface area contributed by atoms with Crippen LogP contribution in [0.3, 0.4) is 0 Å². The lowest BCUT2D eigenvalue weighted by Crippen LogP contribution is -2.40. The van der Waals surface area contributed by atoms with Crippen LogP contribution in [-0.2, 0) is 11.3 Å². The number of nitrogens with one attached hydrogen (secondary N) is 2. The van der Waals surface area contributed by atoms with Crippen LogP contribution in [0.25, 0.3) is 0 Å². The van der Waals surface area contributed by atoms with Crippen LogP contribution >= 0.6 is 0 Å². The Morgan fingerprint density at radius 2 is 1.63 bits per heavy atom. The minimum Gasteiger partial charge on any atom is -0.397 e. The Morgan fingerprint density at radius 1 is 0.947 bits per heavy atom. The quantitative estimate of drug-likeness (QED) is 0.357. The molecule has 4 N–H and O–H groups in total. The maximum atomic E-state index is 13.6. The Morgan fingerprint density at radius 3 is 2.32 bits per heavy atom. The average molecular weight is 524 g/mol. The van der Waals surface area contributed by atoms with E-state index in [1.807, 2.05) is 0 Å². The van der Waals surface area contributed by atoms with Crippen molar-refractivity contribution in [1.82, 2.24) is 9.80 Å². The molecule has 0 saturated carbocycles. The van der Waals surface area contributed by atoms with E-state index in [1.165, 1.54) is 0 Å². The fourth-order valence-electron chi connectivity index (χ4n) is 4.18. The number of halogens is 2. The number of hydrogen-bond acceptors (Lipinski definition) is 5. The van der Waals surface area contributed by atoms with Crippen molar-refractivity contribution in [3.8, 4) is 0 Å². The zero-order chi connectivity index (χ0) is 26.9. The highest BCUT2D eigenvalue weighted by Crippen LogP contribution is 2.19. The Bertz CT molecular complexity index is 1230. The molecule has 0 spiro atoms. The fourth-order valence-corrected chi connectivity index (χ4v) is 4.18. The molecule has 10 heteroatoms. The van der Waals surface area contributed by atoms with E-state index in [-0.39, 0.29) is 18.1 Å². The van der Waals surface area contributed by atoms with Crippen LogP contribution < -0.4 is 16.4 Å². The minimum absolute atomic E-state index is 0.0397. The van der Waals surface area contributed by atoms with Gasteiger partial charge in [-0.2, -0.15) is 0 Å². The number of anilines is 3. The monoisotopic (exact) mass is 523 g/mol. The van der Waals surface area contributed by atoms with Gasteiger partial charge in [-0.25, -0.2) is 13.6 Å². The van der Waals surface area contributed by atoms with Gasteiger partial charge in [-0.3, -0.25) is 9.69 Å². The summed E-state index contributed by atoms with van der Waals surface area (Å²) in [7, 11) is 0. The third-order valence-electron chi connectivity index (χ3n) is 6.21. The maximum Gasteiger partial charge on any atom is 0.322 e. The van der Waals surface area contributed by atoms with Crippen LogP contribution in [0.5, 0.6) is 0 Å². The van der Waals surface area contributed by atoms with Gasteiger partial charge in [0.25, 0.3) is 5.91 Å². The van der Waals surface area contributed by atoms with E-state index in [0.29, 0.717) is 43.1 Å². The number of benzene rings is 3. The molecule has 3 amide bonds. The summed E-state index contributed by atoms with van der Waals surface area (Å²) in [6.45, 7) is 4.53. The normalized spacial score (nSPS) is 13.6. The van der Waals surface area contributed by atoms with Crippen LogP contribution in [0.2, 0.25) is 0 Å². The molecule has 8 nitrogen and oxygen atoms in total. The Labute approximate surface area is 220 Å². The van der Waals surface area contributed by atoms with E-state index in [4.69, 9.17) is 10.5 Å².